The molecule has 0 saturated carbocycles. The van der Waals surface area contributed by atoms with Crippen LogP contribution in [-0.2, 0) is 4.79 Å². The molecule has 2 N–H and O–H groups in total. The second-order valence-corrected chi connectivity index (χ2v) is 10.6. The lowest BCUT2D eigenvalue weighted by Gasteiger charge is -2.11. The van der Waals surface area contributed by atoms with Gasteiger partial charge in [-0.15, -0.1) is 10.2 Å². The lowest BCUT2D eigenvalue weighted by atomic mass is 10.0. The van der Waals surface area contributed by atoms with E-state index in [9.17, 15) is 9.59 Å². The minimum Gasteiger partial charge on any atom is -0.330 e. The summed E-state index contributed by atoms with van der Waals surface area (Å²) in [4.78, 5) is 25.6. The number of nitrogens with one attached hydrogen (secondary N) is 2. The van der Waals surface area contributed by atoms with Gasteiger partial charge in [-0.3, -0.25) is 9.59 Å². The van der Waals surface area contributed by atoms with Gasteiger partial charge in [-0.05, 0) is 41.8 Å². The van der Waals surface area contributed by atoms with E-state index < -0.39 is 0 Å². The van der Waals surface area contributed by atoms with Crippen LogP contribution >= 0.6 is 34.7 Å². The van der Waals surface area contributed by atoms with Crippen LogP contribution in [0.25, 0.3) is 0 Å². The van der Waals surface area contributed by atoms with Gasteiger partial charge >= 0.3 is 0 Å². The summed E-state index contributed by atoms with van der Waals surface area (Å²) in [6.07, 6.45) is 0. The normalized spacial score (nSPS) is 10.9. The summed E-state index contributed by atoms with van der Waals surface area (Å²) < 4.78 is 0.665. The summed E-state index contributed by atoms with van der Waals surface area (Å²) in [5, 5.41) is 15.4. The molecule has 4 aromatic rings. The highest BCUT2D eigenvalue weighted by molar-refractivity contribution is 8.01. The molecule has 9 heteroatoms. The zero-order valence-corrected chi connectivity index (χ0v) is 21.5. The molecule has 1 heterocycles. The maximum Gasteiger partial charge on any atom is 0.234 e. The highest BCUT2D eigenvalue weighted by atomic mass is 35.5. The Labute approximate surface area is 217 Å². The van der Waals surface area contributed by atoms with Gasteiger partial charge in [0.1, 0.15) is 0 Å². The van der Waals surface area contributed by atoms with Gasteiger partial charge in [-0.2, -0.15) is 0 Å². The molecule has 35 heavy (non-hydrogen) atoms. The van der Waals surface area contributed by atoms with Crippen LogP contribution in [0.5, 0.6) is 0 Å². The third kappa shape index (κ3) is 6.69. The maximum atomic E-state index is 12.9. The first kappa shape index (κ1) is 24.9. The quantitative estimate of drug-likeness (QED) is 0.181. The average molecular weight is 523 g/mol. The van der Waals surface area contributed by atoms with Gasteiger partial charge in [-0.1, -0.05) is 91.0 Å². The van der Waals surface area contributed by atoms with Crippen LogP contribution in [-0.4, -0.2) is 27.6 Å². The molecule has 0 spiro atoms. The lowest BCUT2D eigenvalue weighted by Crippen LogP contribution is -2.17. The predicted octanol–water partition coefficient (Wildman–Crippen LogP) is 7.02. The summed E-state index contributed by atoms with van der Waals surface area (Å²) >= 11 is 8.77. The van der Waals surface area contributed by atoms with Gasteiger partial charge in [0.05, 0.1) is 11.4 Å². The molecule has 1 aromatic heterocycles. The van der Waals surface area contributed by atoms with Crippen molar-refractivity contribution in [1.29, 1.82) is 0 Å². The van der Waals surface area contributed by atoms with Gasteiger partial charge in [0.25, 0.3) is 0 Å². The molecule has 0 atom stereocenters. The number of benzene rings is 3. The largest absolute Gasteiger partial charge is 0.330 e. The van der Waals surface area contributed by atoms with E-state index >= 15 is 0 Å². The topological polar surface area (TPSA) is 84.0 Å². The van der Waals surface area contributed by atoms with Gasteiger partial charge in [-0.25, -0.2) is 0 Å². The van der Waals surface area contributed by atoms with Gasteiger partial charge in [0.2, 0.25) is 11.0 Å². The monoisotopic (exact) mass is 522 g/mol. The Morgan fingerprint density at radius 3 is 2.46 bits per heavy atom. The molecule has 0 fully saturated rings. The summed E-state index contributed by atoms with van der Waals surface area (Å²) in [5.41, 5.74) is 3.47. The van der Waals surface area contributed by atoms with Crippen LogP contribution in [0.2, 0.25) is 5.02 Å². The number of hydrogen-bond acceptors (Lipinski definition) is 7. The van der Waals surface area contributed by atoms with Crippen LogP contribution in [0.3, 0.4) is 0 Å². The first-order chi connectivity index (χ1) is 16.9. The van der Waals surface area contributed by atoms with Crippen LogP contribution in [0.1, 0.15) is 41.3 Å². The number of anilines is 3. The molecule has 0 unspecified atom stereocenters. The highest BCUT2D eigenvalue weighted by Gasteiger charge is 2.17. The summed E-state index contributed by atoms with van der Waals surface area (Å²) in [6.45, 7) is 4.31. The summed E-state index contributed by atoms with van der Waals surface area (Å²) in [7, 11) is 0. The third-order valence-electron chi connectivity index (χ3n) is 5.10. The van der Waals surface area contributed by atoms with Gasteiger partial charge in [0.15, 0.2) is 10.1 Å². The molecule has 0 aliphatic rings. The molecule has 0 radical (unpaired) electrons. The van der Waals surface area contributed by atoms with E-state index in [2.05, 4.69) is 46.8 Å². The molecule has 0 bridgehead atoms. The number of aromatic nitrogens is 2. The fraction of sp³-hybridized carbons (Fsp3) is 0.154. The molecular formula is C26H23ClN4O2S2. The van der Waals surface area contributed by atoms with E-state index in [1.54, 1.807) is 42.5 Å². The lowest BCUT2D eigenvalue weighted by molar-refractivity contribution is -0.113. The molecule has 4 rings (SSSR count). The number of thioether (sulfide) groups is 1. The molecular weight excluding hydrogens is 500 g/mol. The molecule has 1 amide bonds. The Balaban J connectivity index is 1.36. The standard InChI is InChI=1S/C26H23ClN4O2S2/c1-16(2)17-8-11-20(12-9-17)28-25-30-31-26(35-25)34-15-23(32)29-22-13-10-19(27)14-21(22)24(33)18-6-4-3-5-7-18/h3-14,16H,15H2,1-2H3,(H,28,30)(H,29,32). The molecule has 178 valence electrons. The van der Waals surface area contributed by atoms with E-state index in [1.807, 2.05) is 18.2 Å². The number of amides is 1. The Hall–Kier alpha value is -3.20. The number of halogens is 1. The zero-order valence-electron chi connectivity index (χ0n) is 19.1. The van der Waals surface area contributed by atoms with Gasteiger partial charge in [0, 0.05) is 21.8 Å². The number of rotatable bonds is 9. The Kier molecular flexibility index (Phi) is 8.17. The van der Waals surface area contributed by atoms with E-state index in [1.165, 1.54) is 28.7 Å². The Bertz CT molecular complexity index is 1320. The smallest absolute Gasteiger partial charge is 0.234 e. The van der Waals surface area contributed by atoms with Gasteiger partial charge < -0.3 is 10.6 Å². The molecule has 0 aliphatic heterocycles. The summed E-state index contributed by atoms with van der Waals surface area (Å²) in [5.74, 6) is 0.130. The maximum absolute atomic E-state index is 12.9. The summed E-state index contributed by atoms with van der Waals surface area (Å²) in [6, 6.07) is 21.9. The number of hydrogen-bond donors (Lipinski definition) is 2. The van der Waals surface area contributed by atoms with Crippen LogP contribution in [0.15, 0.2) is 77.1 Å². The first-order valence-electron chi connectivity index (χ1n) is 10.9. The van der Waals surface area contributed by atoms with Crippen molar-refractivity contribution in [2.24, 2.45) is 0 Å². The van der Waals surface area contributed by atoms with Crippen molar-refractivity contribution in [3.05, 3.63) is 94.5 Å². The second-order valence-electron chi connectivity index (χ2n) is 8.00. The Morgan fingerprint density at radius 1 is 1.00 bits per heavy atom. The second kappa shape index (κ2) is 11.5. The number of carbonyl (C=O) groups excluding carboxylic acids is 2. The van der Waals surface area contributed by atoms with E-state index in [-0.39, 0.29) is 17.4 Å². The van der Waals surface area contributed by atoms with Crippen molar-refractivity contribution in [3.8, 4) is 0 Å². The average Bonchev–Trinajstić information content (AvgIpc) is 3.31. The zero-order chi connectivity index (χ0) is 24.8. The molecule has 0 aliphatic carbocycles. The van der Waals surface area contributed by atoms with Crippen molar-refractivity contribution < 1.29 is 9.59 Å². The van der Waals surface area contributed by atoms with E-state index in [0.29, 0.717) is 37.2 Å². The number of nitrogens with zero attached hydrogens (tertiary/aromatic N) is 2. The van der Waals surface area contributed by atoms with Crippen molar-refractivity contribution >= 4 is 62.9 Å². The van der Waals surface area contributed by atoms with Crippen molar-refractivity contribution in [2.45, 2.75) is 24.1 Å². The van der Waals surface area contributed by atoms with Crippen molar-refractivity contribution in [1.82, 2.24) is 10.2 Å². The minimum absolute atomic E-state index is 0.124. The molecule has 6 nitrogen and oxygen atoms in total. The first-order valence-corrected chi connectivity index (χ1v) is 13.1. The highest BCUT2D eigenvalue weighted by Crippen LogP contribution is 2.29. The predicted molar refractivity (Wildman–Crippen MR) is 144 cm³/mol. The Morgan fingerprint density at radius 2 is 1.74 bits per heavy atom. The number of ketones is 1. The molecule has 0 saturated heterocycles. The minimum atomic E-state index is -0.256. The van der Waals surface area contributed by atoms with Crippen LogP contribution < -0.4 is 10.6 Å². The number of carbonyl (C=O) groups is 2. The molecule has 3 aromatic carbocycles. The fourth-order valence-corrected chi connectivity index (χ4v) is 5.01. The van der Waals surface area contributed by atoms with Crippen molar-refractivity contribution in [3.63, 3.8) is 0 Å². The SMILES string of the molecule is CC(C)c1ccc(Nc2nnc(SCC(=O)Nc3ccc(Cl)cc3C(=O)c3ccccc3)s2)cc1. The van der Waals surface area contributed by atoms with E-state index in [4.69, 9.17) is 11.6 Å². The van der Waals surface area contributed by atoms with Crippen molar-refractivity contribution in [2.75, 3.05) is 16.4 Å². The van der Waals surface area contributed by atoms with E-state index in [0.717, 1.165) is 5.69 Å². The third-order valence-corrected chi connectivity index (χ3v) is 7.31. The van der Waals surface area contributed by atoms with Crippen LogP contribution in [0.4, 0.5) is 16.5 Å². The van der Waals surface area contributed by atoms with Crippen LogP contribution in [0, 0.1) is 0 Å². The fourth-order valence-electron chi connectivity index (χ4n) is 3.27.